The fraction of sp³-hybridized carbons (Fsp3) is 0.600. The summed E-state index contributed by atoms with van der Waals surface area (Å²) in [6.45, 7) is 2.35. The molecule has 1 fully saturated rings. The second-order valence-electron chi connectivity index (χ2n) is 5.46. The number of nitrogens with one attached hydrogen (secondary N) is 1. The molecule has 1 saturated heterocycles. The highest BCUT2D eigenvalue weighted by Gasteiger charge is 2.32. The molecule has 2 rings (SSSR count). The zero-order valence-corrected chi connectivity index (χ0v) is 12.1. The smallest absolute Gasteiger partial charge is 0.0437 e. The van der Waals surface area contributed by atoms with Crippen molar-refractivity contribution in [2.45, 2.75) is 31.2 Å². The van der Waals surface area contributed by atoms with Gasteiger partial charge in [-0.3, -0.25) is 0 Å². The summed E-state index contributed by atoms with van der Waals surface area (Å²) in [7, 11) is 4.30. The molecule has 1 aliphatic rings. The average Bonchev–Trinajstić information content (AvgIpc) is 2.38. The third-order valence-electron chi connectivity index (χ3n) is 4.13. The Morgan fingerprint density at radius 3 is 2.83 bits per heavy atom. The van der Waals surface area contributed by atoms with Crippen LogP contribution in [-0.2, 0) is 6.42 Å². The molecule has 1 aromatic carbocycles. The molecule has 2 nitrogen and oxygen atoms in total. The van der Waals surface area contributed by atoms with Crippen molar-refractivity contribution in [3.63, 3.8) is 0 Å². The predicted molar refractivity (Wildman–Crippen MR) is 78.3 cm³/mol. The van der Waals surface area contributed by atoms with E-state index in [1.807, 2.05) is 12.1 Å². The minimum Gasteiger partial charge on any atom is -0.313 e. The highest BCUT2D eigenvalue weighted by atomic mass is 35.5. The molecule has 0 spiro atoms. The van der Waals surface area contributed by atoms with Gasteiger partial charge in [-0.25, -0.2) is 0 Å². The van der Waals surface area contributed by atoms with E-state index in [-0.39, 0.29) is 5.54 Å². The number of hydrogen-bond donors (Lipinski definition) is 1. The molecule has 0 aliphatic carbocycles. The van der Waals surface area contributed by atoms with E-state index in [1.54, 1.807) is 0 Å². The summed E-state index contributed by atoms with van der Waals surface area (Å²) in [5.41, 5.74) is 1.52. The van der Waals surface area contributed by atoms with Crippen LogP contribution in [-0.4, -0.2) is 37.6 Å². The number of benzene rings is 1. The van der Waals surface area contributed by atoms with Crippen LogP contribution in [0.1, 0.15) is 24.8 Å². The van der Waals surface area contributed by atoms with Gasteiger partial charge in [0.15, 0.2) is 0 Å². The van der Waals surface area contributed by atoms with Gasteiger partial charge in [-0.1, -0.05) is 29.8 Å². The van der Waals surface area contributed by atoms with Gasteiger partial charge in [0.1, 0.15) is 0 Å². The van der Waals surface area contributed by atoms with E-state index in [0.29, 0.717) is 0 Å². The van der Waals surface area contributed by atoms with Crippen LogP contribution < -0.4 is 5.32 Å². The summed E-state index contributed by atoms with van der Waals surface area (Å²) < 4.78 is 0. The maximum atomic E-state index is 6.23. The first-order valence-electron chi connectivity index (χ1n) is 6.76. The zero-order chi connectivity index (χ0) is 13.0. The van der Waals surface area contributed by atoms with Crippen molar-refractivity contribution in [3.05, 3.63) is 34.9 Å². The van der Waals surface area contributed by atoms with Gasteiger partial charge < -0.3 is 10.2 Å². The Morgan fingerprint density at radius 1 is 1.39 bits per heavy atom. The summed E-state index contributed by atoms with van der Waals surface area (Å²) in [5.74, 6) is 0. The number of piperidine rings is 1. The molecular weight excluding hydrogens is 244 g/mol. The lowest BCUT2D eigenvalue weighted by Crippen LogP contribution is -2.55. The van der Waals surface area contributed by atoms with E-state index in [2.05, 4.69) is 36.4 Å². The van der Waals surface area contributed by atoms with Crippen molar-refractivity contribution < 1.29 is 0 Å². The number of rotatable bonds is 4. The van der Waals surface area contributed by atoms with Gasteiger partial charge in [0, 0.05) is 17.1 Å². The molecule has 0 radical (unpaired) electrons. The topological polar surface area (TPSA) is 15.3 Å². The number of likely N-dealkylation sites (tertiary alicyclic amines) is 1. The van der Waals surface area contributed by atoms with Gasteiger partial charge in [-0.2, -0.15) is 0 Å². The van der Waals surface area contributed by atoms with Crippen LogP contribution in [0.5, 0.6) is 0 Å². The van der Waals surface area contributed by atoms with Gasteiger partial charge >= 0.3 is 0 Å². The SMILES string of the molecule is CNC1(CCc2ccccc2Cl)CCCN(C)C1. The molecule has 18 heavy (non-hydrogen) atoms. The van der Waals surface area contributed by atoms with Gasteiger partial charge in [-0.15, -0.1) is 0 Å². The molecule has 0 amide bonds. The molecule has 1 aromatic rings. The summed E-state index contributed by atoms with van der Waals surface area (Å²) in [6, 6.07) is 8.18. The van der Waals surface area contributed by atoms with Crippen LogP contribution >= 0.6 is 11.6 Å². The molecule has 1 atom stereocenters. The standard InChI is InChI=1S/C15H23ClN2/c1-17-15(9-5-11-18(2)12-15)10-8-13-6-3-4-7-14(13)16/h3-4,6-7,17H,5,8-12H2,1-2H3. The number of hydrogen-bond acceptors (Lipinski definition) is 2. The largest absolute Gasteiger partial charge is 0.313 e. The molecule has 0 saturated carbocycles. The highest BCUT2D eigenvalue weighted by Crippen LogP contribution is 2.27. The Labute approximate surface area is 115 Å². The Kier molecular flexibility index (Phi) is 4.66. The summed E-state index contributed by atoms with van der Waals surface area (Å²) in [4.78, 5) is 2.42. The first kappa shape index (κ1) is 13.9. The molecule has 1 aliphatic heterocycles. The van der Waals surface area contributed by atoms with Crippen molar-refractivity contribution in [3.8, 4) is 0 Å². The normalized spacial score (nSPS) is 25.3. The second kappa shape index (κ2) is 6.05. The minimum atomic E-state index is 0.256. The zero-order valence-electron chi connectivity index (χ0n) is 11.4. The number of aryl methyl sites for hydroxylation is 1. The van der Waals surface area contributed by atoms with Crippen LogP contribution in [0.3, 0.4) is 0 Å². The van der Waals surface area contributed by atoms with Crippen LogP contribution in [0.15, 0.2) is 24.3 Å². The Morgan fingerprint density at radius 2 is 2.17 bits per heavy atom. The van der Waals surface area contributed by atoms with Crippen LogP contribution in [0.4, 0.5) is 0 Å². The Hall–Kier alpha value is -0.570. The molecule has 3 heteroatoms. The maximum Gasteiger partial charge on any atom is 0.0437 e. The monoisotopic (exact) mass is 266 g/mol. The lowest BCUT2D eigenvalue weighted by Gasteiger charge is -2.41. The maximum absolute atomic E-state index is 6.23. The molecule has 0 bridgehead atoms. The van der Waals surface area contributed by atoms with Crippen molar-refractivity contribution in [1.82, 2.24) is 10.2 Å². The van der Waals surface area contributed by atoms with E-state index >= 15 is 0 Å². The average molecular weight is 267 g/mol. The van der Waals surface area contributed by atoms with E-state index in [0.717, 1.165) is 24.4 Å². The lowest BCUT2D eigenvalue weighted by atomic mass is 9.84. The number of likely N-dealkylation sites (N-methyl/N-ethyl adjacent to an activating group) is 2. The van der Waals surface area contributed by atoms with Crippen molar-refractivity contribution in [2.24, 2.45) is 0 Å². The van der Waals surface area contributed by atoms with Gasteiger partial charge in [0.2, 0.25) is 0 Å². The number of halogens is 1. The van der Waals surface area contributed by atoms with Crippen molar-refractivity contribution in [1.29, 1.82) is 0 Å². The number of nitrogens with zero attached hydrogens (tertiary/aromatic N) is 1. The van der Waals surface area contributed by atoms with E-state index < -0.39 is 0 Å². The summed E-state index contributed by atoms with van der Waals surface area (Å²) in [5, 5.41) is 4.45. The molecule has 1 unspecified atom stereocenters. The van der Waals surface area contributed by atoms with E-state index in [9.17, 15) is 0 Å². The molecule has 0 aromatic heterocycles. The summed E-state index contributed by atoms with van der Waals surface area (Å²) in [6.07, 6.45) is 4.74. The quantitative estimate of drug-likeness (QED) is 0.902. The van der Waals surface area contributed by atoms with Gasteiger partial charge in [0.05, 0.1) is 0 Å². The molecule has 1 heterocycles. The van der Waals surface area contributed by atoms with Crippen LogP contribution in [0.25, 0.3) is 0 Å². The van der Waals surface area contributed by atoms with Crippen molar-refractivity contribution in [2.75, 3.05) is 27.2 Å². The van der Waals surface area contributed by atoms with Crippen LogP contribution in [0.2, 0.25) is 5.02 Å². The lowest BCUT2D eigenvalue weighted by molar-refractivity contribution is 0.143. The molecular formula is C15H23ClN2. The molecule has 100 valence electrons. The Balaban J connectivity index is 2.01. The third-order valence-corrected chi connectivity index (χ3v) is 4.50. The van der Waals surface area contributed by atoms with Crippen molar-refractivity contribution >= 4 is 11.6 Å². The van der Waals surface area contributed by atoms with E-state index in [1.165, 1.54) is 24.9 Å². The first-order valence-corrected chi connectivity index (χ1v) is 7.14. The predicted octanol–water partition coefficient (Wildman–Crippen LogP) is 2.96. The second-order valence-corrected chi connectivity index (χ2v) is 5.87. The van der Waals surface area contributed by atoms with Crippen LogP contribution in [0, 0.1) is 0 Å². The third kappa shape index (κ3) is 3.25. The Bertz CT molecular complexity index is 394. The minimum absolute atomic E-state index is 0.256. The summed E-state index contributed by atoms with van der Waals surface area (Å²) >= 11 is 6.23. The first-order chi connectivity index (χ1) is 8.65. The fourth-order valence-electron chi connectivity index (χ4n) is 2.97. The van der Waals surface area contributed by atoms with E-state index in [4.69, 9.17) is 11.6 Å². The highest BCUT2D eigenvalue weighted by molar-refractivity contribution is 6.31. The fourth-order valence-corrected chi connectivity index (χ4v) is 3.20. The van der Waals surface area contributed by atoms with Gasteiger partial charge in [-0.05, 0) is 58.0 Å². The van der Waals surface area contributed by atoms with Gasteiger partial charge in [0.25, 0.3) is 0 Å². The molecule has 1 N–H and O–H groups in total.